The van der Waals surface area contributed by atoms with Gasteiger partial charge in [0.15, 0.2) is 11.7 Å². The predicted octanol–water partition coefficient (Wildman–Crippen LogP) is 2.57. The van der Waals surface area contributed by atoms with Crippen LogP contribution >= 0.6 is 0 Å². The Bertz CT molecular complexity index is 1190. The summed E-state index contributed by atoms with van der Waals surface area (Å²) in [7, 11) is 0. The van der Waals surface area contributed by atoms with E-state index in [0.29, 0.717) is 18.4 Å². The zero-order chi connectivity index (χ0) is 32.1. The summed E-state index contributed by atoms with van der Waals surface area (Å²) in [5.41, 5.74) is -4.03. The summed E-state index contributed by atoms with van der Waals surface area (Å²) < 4.78 is 35.6. The summed E-state index contributed by atoms with van der Waals surface area (Å²) in [6, 6.07) is 0. The maximum absolute atomic E-state index is 13.4. The minimum absolute atomic E-state index is 0.0296. The van der Waals surface area contributed by atoms with E-state index in [4.69, 9.17) is 28.4 Å². The van der Waals surface area contributed by atoms with E-state index in [9.17, 15) is 29.1 Å². The van der Waals surface area contributed by atoms with Gasteiger partial charge in [0.05, 0.1) is 23.5 Å². The van der Waals surface area contributed by atoms with Crippen LogP contribution in [0, 0.1) is 23.2 Å². The minimum atomic E-state index is -2.12. The Morgan fingerprint density at radius 2 is 1.60 bits per heavy atom. The lowest BCUT2D eigenvalue weighted by molar-refractivity contribution is -0.244. The number of carbonyl (C=O) groups excluding carboxylic acids is 5. The second kappa shape index (κ2) is 11.8. The summed E-state index contributed by atoms with van der Waals surface area (Å²) >= 11 is 0. The fourth-order valence-electron chi connectivity index (χ4n) is 7.40. The monoisotopic (exact) mass is 608 g/mol. The third kappa shape index (κ3) is 6.05. The Hall–Kier alpha value is -2.99. The predicted molar refractivity (Wildman–Crippen MR) is 148 cm³/mol. The van der Waals surface area contributed by atoms with Crippen LogP contribution in [0.4, 0.5) is 0 Å². The van der Waals surface area contributed by atoms with Crippen LogP contribution < -0.4 is 0 Å². The Kier molecular flexibility index (Phi) is 9.06. The fourth-order valence-corrected chi connectivity index (χ4v) is 7.40. The van der Waals surface area contributed by atoms with Crippen LogP contribution in [0.5, 0.6) is 0 Å². The number of aliphatic hydroxyl groups is 1. The van der Waals surface area contributed by atoms with Crippen molar-refractivity contribution in [3.8, 4) is 0 Å². The molecule has 43 heavy (non-hydrogen) atoms. The molecule has 2 saturated heterocycles. The average Bonchev–Trinajstić information content (AvgIpc) is 3.61. The lowest BCUT2D eigenvalue weighted by Crippen LogP contribution is -2.69. The molecular weight excluding hydrogens is 564 g/mol. The van der Waals surface area contributed by atoms with Crippen molar-refractivity contribution in [2.24, 2.45) is 23.2 Å². The fraction of sp³-hybridized carbons (Fsp3) is 0.774. The van der Waals surface area contributed by atoms with Crippen molar-refractivity contribution in [2.75, 3.05) is 6.61 Å². The van der Waals surface area contributed by atoms with E-state index in [1.165, 1.54) is 33.8 Å². The van der Waals surface area contributed by atoms with E-state index in [2.05, 4.69) is 0 Å². The highest BCUT2D eigenvalue weighted by Crippen LogP contribution is 2.62. The van der Waals surface area contributed by atoms with E-state index in [1.807, 2.05) is 13.8 Å². The number of ether oxygens (including phenoxy) is 6. The lowest BCUT2D eigenvalue weighted by atomic mass is 9.52. The molecule has 4 aliphatic rings. The molecule has 1 saturated carbocycles. The van der Waals surface area contributed by atoms with Gasteiger partial charge >= 0.3 is 29.8 Å². The molecule has 0 aromatic heterocycles. The smallest absolute Gasteiger partial charge is 0.312 e. The van der Waals surface area contributed by atoms with Crippen molar-refractivity contribution >= 4 is 29.8 Å². The summed E-state index contributed by atoms with van der Waals surface area (Å²) in [6.07, 6.45) is -3.46. The third-order valence-corrected chi connectivity index (χ3v) is 9.58. The molecule has 12 heteroatoms. The molecule has 0 aromatic carbocycles. The van der Waals surface area contributed by atoms with E-state index < -0.39 is 88.8 Å². The topological polar surface area (TPSA) is 164 Å². The molecule has 0 bridgehead atoms. The van der Waals surface area contributed by atoms with E-state index in [1.54, 1.807) is 13.8 Å². The van der Waals surface area contributed by atoms with Crippen molar-refractivity contribution in [1.82, 2.24) is 0 Å². The quantitative estimate of drug-likeness (QED) is 0.203. The second-order valence-corrected chi connectivity index (χ2v) is 13.2. The van der Waals surface area contributed by atoms with Crippen LogP contribution in [0.25, 0.3) is 0 Å². The molecule has 4 rings (SSSR count). The maximum Gasteiger partial charge on any atom is 0.312 e. The lowest BCUT2D eigenvalue weighted by Gasteiger charge is -2.57. The first-order chi connectivity index (χ1) is 19.9. The van der Waals surface area contributed by atoms with Crippen molar-refractivity contribution in [1.29, 1.82) is 0 Å². The van der Waals surface area contributed by atoms with Crippen LogP contribution in [0.15, 0.2) is 11.6 Å². The van der Waals surface area contributed by atoms with Crippen molar-refractivity contribution in [2.45, 2.75) is 123 Å². The van der Waals surface area contributed by atoms with Crippen LogP contribution in [0.3, 0.4) is 0 Å². The molecule has 12 nitrogen and oxygen atoms in total. The minimum Gasteiger partial charge on any atom is -0.462 e. The first kappa shape index (κ1) is 32.9. The van der Waals surface area contributed by atoms with Gasteiger partial charge in [0.2, 0.25) is 0 Å². The van der Waals surface area contributed by atoms with Crippen molar-refractivity contribution in [3.63, 3.8) is 0 Å². The first-order valence-electron chi connectivity index (χ1n) is 14.9. The number of hydrogen-bond donors (Lipinski definition) is 1. The number of hydrogen-bond acceptors (Lipinski definition) is 12. The molecule has 2 unspecified atom stereocenters. The number of carbonyl (C=O) groups is 5. The van der Waals surface area contributed by atoms with Gasteiger partial charge in [0.25, 0.3) is 0 Å². The molecule has 2 heterocycles. The number of esters is 5. The zero-order valence-corrected chi connectivity index (χ0v) is 26.2. The van der Waals surface area contributed by atoms with Crippen molar-refractivity contribution < 1.29 is 57.5 Å². The molecular formula is C31H44O12. The zero-order valence-electron chi connectivity index (χ0n) is 26.2. The normalized spacial score (nSPS) is 41.6. The molecule has 3 fully saturated rings. The summed E-state index contributed by atoms with van der Waals surface area (Å²) in [5.74, 6) is -5.32. The second-order valence-electron chi connectivity index (χ2n) is 13.2. The number of rotatable bonds is 6. The summed E-state index contributed by atoms with van der Waals surface area (Å²) in [4.78, 5) is 63.9. The first-order valence-corrected chi connectivity index (χ1v) is 14.9. The van der Waals surface area contributed by atoms with Gasteiger partial charge in [-0.1, -0.05) is 20.8 Å². The Labute approximate surface area is 251 Å². The number of fused-ring (bicyclic) bond motifs is 3. The van der Waals surface area contributed by atoms with Crippen LogP contribution in [-0.2, 0) is 52.4 Å². The van der Waals surface area contributed by atoms with Crippen LogP contribution in [0.2, 0.25) is 0 Å². The molecule has 240 valence electrons. The van der Waals surface area contributed by atoms with Gasteiger partial charge < -0.3 is 33.5 Å². The molecule has 2 aliphatic carbocycles. The summed E-state index contributed by atoms with van der Waals surface area (Å²) in [5, 5.41) is 12.7. The molecule has 1 N–H and O–H groups in total. The maximum atomic E-state index is 13.4. The van der Waals surface area contributed by atoms with Crippen molar-refractivity contribution in [3.05, 3.63) is 11.6 Å². The van der Waals surface area contributed by atoms with Gasteiger partial charge in [0, 0.05) is 39.5 Å². The Balaban J connectivity index is 2.05. The molecule has 2 aliphatic heterocycles. The van der Waals surface area contributed by atoms with Gasteiger partial charge in [-0.05, 0) is 44.3 Å². The molecule has 10 atom stereocenters. The highest BCUT2D eigenvalue weighted by Gasteiger charge is 2.75. The van der Waals surface area contributed by atoms with Crippen LogP contribution in [0.1, 0.15) is 81.1 Å². The van der Waals surface area contributed by atoms with E-state index in [0.717, 1.165) is 0 Å². The van der Waals surface area contributed by atoms with Gasteiger partial charge in [0.1, 0.15) is 24.4 Å². The molecule has 0 aromatic rings. The third-order valence-electron chi connectivity index (χ3n) is 9.58. The van der Waals surface area contributed by atoms with Crippen LogP contribution in [-0.4, -0.2) is 83.3 Å². The highest BCUT2D eigenvalue weighted by atomic mass is 16.6. The van der Waals surface area contributed by atoms with Gasteiger partial charge in [-0.3, -0.25) is 24.0 Å². The molecule has 1 spiro atoms. The largest absolute Gasteiger partial charge is 0.462 e. The summed E-state index contributed by atoms with van der Waals surface area (Å²) in [6.45, 7) is 12.6. The molecule has 0 radical (unpaired) electrons. The average molecular weight is 609 g/mol. The van der Waals surface area contributed by atoms with E-state index in [-0.39, 0.29) is 25.4 Å². The van der Waals surface area contributed by atoms with Gasteiger partial charge in [-0.15, -0.1) is 0 Å². The SMILES string of the molecule is CC(=O)OC1C[C@H](OC(C)=O)[C@@]2(C)[C@@H](OC(C)=O)CC[C@@]3(CO3)[C@@H]2C(OC(=O)CC(C)C)[C@@]2(O)[C@H](/C=C\1C)OC(=O)[C@@H]2C. The Morgan fingerprint density at radius 1 is 1.02 bits per heavy atom. The van der Waals surface area contributed by atoms with Gasteiger partial charge in [-0.2, -0.15) is 0 Å². The van der Waals surface area contributed by atoms with Gasteiger partial charge in [-0.25, -0.2) is 0 Å². The molecule has 0 amide bonds. The standard InChI is InChI=1S/C31H44O12/c1-15(2)11-25(35)43-27-26-29(8,22(40-19(6)33)9-10-30(26)14-38-30)23(41-20(7)34)13-21(39-18(5)32)16(3)12-24-31(27,37)17(4)28(36)42-24/h12,15,17,21-24,26-27,37H,9-11,13-14H2,1-8H3/b16-12-/t17-,21?,22-,23-,24-,26+,27?,29+,30+,31-/m0/s1. The highest BCUT2D eigenvalue weighted by molar-refractivity contribution is 5.78. The van der Waals surface area contributed by atoms with E-state index >= 15 is 0 Å². The number of epoxide rings is 1. The Morgan fingerprint density at radius 3 is 2.14 bits per heavy atom.